The van der Waals surface area contributed by atoms with Gasteiger partial charge in [-0.1, -0.05) is 28.1 Å². The van der Waals surface area contributed by atoms with Gasteiger partial charge in [0.1, 0.15) is 0 Å². The second kappa shape index (κ2) is 7.17. The molecule has 0 aromatic heterocycles. The highest BCUT2D eigenvalue weighted by molar-refractivity contribution is 9.10. The van der Waals surface area contributed by atoms with Gasteiger partial charge in [-0.25, -0.2) is 8.78 Å². The van der Waals surface area contributed by atoms with Gasteiger partial charge in [0.15, 0.2) is 11.6 Å². The minimum atomic E-state index is -0.864. The zero-order valence-corrected chi connectivity index (χ0v) is 12.8. The van der Waals surface area contributed by atoms with Crippen molar-refractivity contribution in [3.8, 4) is 0 Å². The molecule has 0 radical (unpaired) electrons. The molecule has 0 amide bonds. The first kappa shape index (κ1) is 15.4. The van der Waals surface area contributed by atoms with Crippen molar-refractivity contribution in [2.45, 2.75) is 10.9 Å². The first-order valence-electron chi connectivity index (χ1n) is 5.90. The fourth-order valence-electron chi connectivity index (χ4n) is 1.73. The van der Waals surface area contributed by atoms with Crippen molar-refractivity contribution < 1.29 is 8.78 Å². The summed E-state index contributed by atoms with van der Waals surface area (Å²) in [4.78, 5) is 1.03. The summed E-state index contributed by atoms with van der Waals surface area (Å²) in [5.41, 5.74) is 2.76. The van der Waals surface area contributed by atoms with Crippen molar-refractivity contribution in [2.75, 3.05) is 5.75 Å². The predicted molar refractivity (Wildman–Crippen MR) is 81.3 cm³/mol. The largest absolute Gasteiger partial charge is 0.271 e. The van der Waals surface area contributed by atoms with Gasteiger partial charge in [0.05, 0.1) is 6.04 Å². The van der Waals surface area contributed by atoms with Gasteiger partial charge in [0.25, 0.3) is 0 Å². The van der Waals surface area contributed by atoms with Crippen molar-refractivity contribution in [3.63, 3.8) is 0 Å². The number of benzene rings is 2. The molecule has 6 heteroatoms. The van der Waals surface area contributed by atoms with Crippen LogP contribution in [-0.4, -0.2) is 5.75 Å². The molecule has 0 saturated carbocycles. The Morgan fingerprint density at radius 1 is 1.15 bits per heavy atom. The van der Waals surface area contributed by atoms with Crippen molar-refractivity contribution in [3.05, 3.63) is 64.1 Å². The van der Waals surface area contributed by atoms with Gasteiger partial charge in [0, 0.05) is 20.7 Å². The number of nitrogens with one attached hydrogen (secondary N) is 1. The third-order valence-electron chi connectivity index (χ3n) is 2.79. The molecule has 2 rings (SSSR count). The molecule has 2 aromatic rings. The van der Waals surface area contributed by atoms with Crippen LogP contribution in [0.25, 0.3) is 0 Å². The van der Waals surface area contributed by atoms with Crippen LogP contribution < -0.4 is 11.3 Å². The number of halogens is 3. The quantitative estimate of drug-likeness (QED) is 0.481. The van der Waals surface area contributed by atoms with Crippen LogP contribution in [0.4, 0.5) is 8.78 Å². The summed E-state index contributed by atoms with van der Waals surface area (Å²) >= 11 is 4.88. The van der Waals surface area contributed by atoms with E-state index >= 15 is 0 Å². The Balaban J connectivity index is 2.09. The third kappa shape index (κ3) is 3.79. The monoisotopic (exact) mass is 358 g/mol. The maximum atomic E-state index is 13.7. The average Bonchev–Trinajstić information content (AvgIpc) is 2.45. The first-order chi connectivity index (χ1) is 9.61. The summed E-state index contributed by atoms with van der Waals surface area (Å²) < 4.78 is 28.0. The van der Waals surface area contributed by atoms with Crippen LogP contribution in [0.1, 0.15) is 11.6 Å². The second-order valence-corrected chi connectivity index (χ2v) is 6.14. The zero-order chi connectivity index (χ0) is 14.5. The summed E-state index contributed by atoms with van der Waals surface area (Å²) in [5, 5.41) is 0. The topological polar surface area (TPSA) is 38.0 Å². The van der Waals surface area contributed by atoms with E-state index in [9.17, 15) is 8.78 Å². The molecule has 20 heavy (non-hydrogen) atoms. The van der Waals surface area contributed by atoms with E-state index in [0.29, 0.717) is 5.75 Å². The molecule has 0 spiro atoms. The van der Waals surface area contributed by atoms with E-state index in [-0.39, 0.29) is 5.56 Å². The summed E-state index contributed by atoms with van der Waals surface area (Å²) in [5.74, 6) is 4.23. The Morgan fingerprint density at radius 2 is 1.85 bits per heavy atom. The van der Waals surface area contributed by atoms with Crippen LogP contribution >= 0.6 is 27.7 Å². The van der Waals surface area contributed by atoms with Crippen molar-refractivity contribution in [1.82, 2.24) is 5.43 Å². The van der Waals surface area contributed by atoms with E-state index in [2.05, 4.69) is 21.4 Å². The molecule has 0 bridgehead atoms. The highest BCUT2D eigenvalue weighted by atomic mass is 79.9. The lowest BCUT2D eigenvalue weighted by atomic mass is 10.1. The third-order valence-corrected chi connectivity index (χ3v) is 4.42. The summed E-state index contributed by atoms with van der Waals surface area (Å²) in [6.07, 6.45) is 0. The number of hydrogen-bond donors (Lipinski definition) is 2. The van der Waals surface area contributed by atoms with Gasteiger partial charge in [-0.15, -0.1) is 11.8 Å². The van der Waals surface area contributed by atoms with Crippen LogP contribution in [0.2, 0.25) is 0 Å². The van der Waals surface area contributed by atoms with E-state index in [1.807, 2.05) is 24.3 Å². The Kier molecular flexibility index (Phi) is 5.54. The second-order valence-electron chi connectivity index (χ2n) is 4.13. The molecule has 0 saturated heterocycles. The van der Waals surface area contributed by atoms with E-state index in [0.717, 1.165) is 15.4 Å². The van der Waals surface area contributed by atoms with Crippen molar-refractivity contribution in [2.24, 2.45) is 5.84 Å². The molecule has 0 fully saturated rings. The number of thioether (sulfide) groups is 1. The molecular formula is C14H13BrF2N2S. The summed E-state index contributed by atoms with van der Waals surface area (Å²) in [7, 11) is 0. The van der Waals surface area contributed by atoms with Crippen LogP contribution in [0.15, 0.2) is 51.8 Å². The molecule has 2 aromatic carbocycles. The minimum Gasteiger partial charge on any atom is -0.271 e. The molecule has 1 unspecified atom stereocenters. The maximum Gasteiger partial charge on any atom is 0.163 e. The fourth-order valence-corrected chi connectivity index (χ4v) is 2.96. The van der Waals surface area contributed by atoms with Gasteiger partial charge in [-0.3, -0.25) is 11.3 Å². The average molecular weight is 359 g/mol. The van der Waals surface area contributed by atoms with Gasteiger partial charge in [-0.05, 0) is 30.3 Å². The van der Waals surface area contributed by atoms with Gasteiger partial charge in [0.2, 0.25) is 0 Å². The van der Waals surface area contributed by atoms with Gasteiger partial charge in [-0.2, -0.15) is 0 Å². The summed E-state index contributed by atoms with van der Waals surface area (Å²) in [6, 6.07) is 11.4. The molecular weight excluding hydrogens is 346 g/mol. The van der Waals surface area contributed by atoms with E-state index in [1.54, 1.807) is 0 Å². The number of hydrogen-bond acceptors (Lipinski definition) is 3. The molecule has 0 aliphatic heterocycles. The fraction of sp³-hybridized carbons (Fsp3) is 0.143. The lowest BCUT2D eigenvalue weighted by Crippen LogP contribution is -2.30. The summed E-state index contributed by atoms with van der Waals surface area (Å²) in [6.45, 7) is 0. The Morgan fingerprint density at radius 3 is 2.50 bits per heavy atom. The number of nitrogens with two attached hydrogens (primary N) is 1. The lowest BCUT2D eigenvalue weighted by molar-refractivity contribution is 0.478. The number of rotatable bonds is 5. The van der Waals surface area contributed by atoms with Crippen molar-refractivity contribution in [1.29, 1.82) is 0 Å². The first-order valence-corrected chi connectivity index (χ1v) is 7.68. The normalized spacial score (nSPS) is 12.4. The zero-order valence-electron chi connectivity index (χ0n) is 10.4. The van der Waals surface area contributed by atoms with Gasteiger partial charge >= 0.3 is 0 Å². The number of hydrazine groups is 1. The maximum absolute atomic E-state index is 13.7. The van der Waals surface area contributed by atoms with Crippen LogP contribution in [0.3, 0.4) is 0 Å². The Labute approximate surface area is 128 Å². The molecule has 0 aliphatic carbocycles. The van der Waals surface area contributed by atoms with E-state index in [4.69, 9.17) is 5.84 Å². The van der Waals surface area contributed by atoms with Crippen molar-refractivity contribution >= 4 is 27.7 Å². The molecule has 3 N–H and O–H groups in total. The van der Waals surface area contributed by atoms with E-state index < -0.39 is 17.7 Å². The van der Waals surface area contributed by atoms with Crippen LogP contribution in [0.5, 0.6) is 0 Å². The van der Waals surface area contributed by atoms with E-state index in [1.165, 1.54) is 23.9 Å². The smallest absolute Gasteiger partial charge is 0.163 e. The van der Waals surface area contributed by atoms with Crippen LogP contribution in [-0.2, 0) is 0 Å². The Bertz CT molecular complexity index is 578. The molecule has 0 heterocycles. The predicted octanol–water partition coefficient (Wildman–Crippen LogP) is 4.02. The minimum absolute atomic E-state index is 0.233. The Hall–Kier alpha value is -0.950. The molecule has 2 nitrogen and oxygen atoms in total. The highest BCUT2D eigenvalue weighted by Gasteiger charge is 2.17. The van der Waals surface area contributed by atoms with Crippen LogP contribution in [0, 0.1) is 11.6 Å². The molecule has 0 aliphatic rings. The van der Waals surface area contributed by atoms with Gasteiger partial charge < -0.3 is 0 Å². The molecule has 106 valence electrons. The molecule has 1 atom stereocenters. The lowest BCUT2D eigenvalue weighted by Gasteiger charge is -2.17. The standard InChI is InChI=1S/C14H13BrF2N2S/c15-9-4-6-10(7-5-9)20-8-13(19-18)11-2-1-3-12(16)14(11)17/h1-7,13,19H,8,18H2. The SMILES string of the molecule is NNC(CSc1ccc(Br)cc1)c1cccc(F)c1F. The highest BCUT2D eigenvalue weighted by Crippen LogP contribution is 2.27.